The maximum Gasteiger partial charge on any atom is 0.227 e. The van der Waals surface area contributed by atoms with Gasteiger partial charge in [-0.25, -0.2) is 0 Å². The summed E-state index contributed by atoms with van der Waals surface area (Å²) in [5.41, 5.74) is 0.921. The van der Waals surface area contributed by atoms with Crippen LogP contribution < -0.4 is 0 Å². The second-order valence-corrected chi connectivity index (χ2v) is 5.01. The van der Waals surface area contributed by atoms with Gasteiger partial charge in [-0.15, -0.1) is 0 Å². The first kappa shape index (κ1) is 14.0. The fourth-order valence-corrected chi connectivity index (χ4v) is 2.47. The lowest BCUT2D eigenvalue weighted by Gasteiger charge is -2.33. The highest BCUT2D eigenvalue weighted by Gasteiger charge is 2.26. The zero-order valence-corrected chi connectivity index (χ0v) is 10.9. The van der Waals surface area contributed by atoms with Gasteiger partial charge in [-0.2, -0.15) is 0 Å². The van der Waals surface area contributed by atoms with Gasteiger partial charge >= 0.3 is 0 Å². The molecular weight excluding hydrogens is 244 g/mol. The Morgan fingerprint density at radius 3 is 2.79 bits per heavy atom. The molecule has 0 spiro atoms. The maximum absolute atomic E-state index is 12.1. The van der Waals surface area contributed by atoms with Crippen LogP contribution in [-0.2, 0) is 11.2 Å². The molecule has 19 heavy (non-hydrogen) atoms. The van der Waals surface area contributed by atoms with Gasteiger partial charge < -0.3 is 15.1 Å². The summed E-state index contributed by atoms with van der Waals surface area (Å²) in [6, 6.07) is 3.72. The number of hydrogen-bond acceptors (Lipinski definition) is 4. The number of hydrogen-bond donors (Lipinski definition) is 2. The summed E-state index contributed by atoms with van der Waals surface area (Å²) in [4.78, 5) is 17.9. The van der Waals surface area contributed by atoms with Crippen LogP contribution in [0.5, 0.6) is 0 Å². The molecule has 1 atom stereocenters. The number of aliphatic hydroxyl groups is 2. The standard InChI is InChI=1S/C14H20N2O3/c17-10-13(18)12-3-6-16(7-4-12)14(19)8-11-2-1-5-15-9-11/h1-2,5,9,12-13,17-18H,3-4,6-8,10H2. The fraction of sp³-hybridized carbons (Fsp3) is 0.571. The van der Waals surface area contributed by atoms with E-state index < -0.39 is 6.10 Å². The zero-order valence-electron chi connectivity index (χ0n) is 10.9. The van der Waals surface area contributed by atoms with Crippen LogP contribution in [0.15, 0.2) is 24.5 Å². The zero-order chi connectivity index (χ0) is 13.7. The van der Waals surface area contributed by atoms with Crippen LogP contribution in [0, 0.1) is 5.92 Å². The van der Waals surface area contributed by atoms with E-state index in [1.807, 2.05) is 17.0 Å². The number of rotatable bonds is 4. The monoisotopic (exact) mass is 264 g/mol. The number of aromatic nitrogens is 1. The van der Waals surface area contributed by atoms with E-state index in [0.29, 0.717) is 19.5 Å². The number of pyridine rings is 1. The third-order valence-corrected chi connectivity index (χ3v) is 3.70. The minimum atomic E-state index is -0.657. The molecule has 5 nitrogen and oxygen atoms in total. The predicted octanol–water partition coefficient (Wildman–Crippen LogP) is 0.216. The molecule has 0 radical (unpaired) electrons. The van der Waals surface area contributed by atoms with Crippen LogP contribution in [0.3, 0.4) is 0 Å². The summed E-state index contributed by atoms with van der Waals surface area (Å²) in [5, 5.41) is 18.5. The van der Waals surface area contributed by atoms with Crippen molar-refractivity contribution in [2.75, 3.05) is 19.7 Å². The quantitative estimate of drug-likeness (QED) is 0.815. The van der Waals surface area contributed by atoms with Crippen molar-refractivity contribution in [1.29, 1.82) is 0 Å². The highest BCUT2D eigenvalue weighted by molar-refractivity contribution is 5.78. The van der Waals surface area contributed by atoms with E-state index in [2.05, 4.69) is 4.98 Å². The van der Waals surface area contributed by atoms with E-state index >= 15 is 0 Å². The van der Waals surface area contributed by atoms with Crippen molar-refractivity contribution in [2.45, 2.75) is 25.4 Å². The van der Waals surface area contributed by atoms with Gasteiger partial charge in [-0.05, 0) is 30.4 Å². The van der Waals surface area contributed by atoms with E-state index in [-0.39, 0.29) is 18.4 Å². The van der Waals surface area contributed by atoms with E-state index in [9.17, 15) is 9.90 Å². The van der Waals surface area contributed by atoms with E-state index in [1.54, 1.807) is 12.4 Å². The minimum Gasteiger partial charge on any atom is -0.394 e. The molecule has 1 saturated heterocycles. The lowest BCUT2D eigenvalue weighted by atomic mass is 9.91. The molecule has 1 aliphatic rings. The summed E-state index contributed by atoms with van der Waals surface area (Å²) < 4.78 is 0. The van der Waals surface area contributed by atoms with Crippen molar-refractivity contribution < 1.29 is 15.0 Å². The van der Waals surface area contributed by atoms with E-state index in [0.717, 1.165) is 18.4 Å². The number of nitrogens with zero attached hydrogens (tertiary/aromatic N) is 2. The van der Waals surface area contributed by atoms with Crippen LogP contribution in [0.25, 0.3) is 0 Å². The Balaban J connectivity index is 1.83. The SMILES string of the molecule is O=C(Cc1cccnc1)N1CCC(C(O)CO)CC1. The lowest BCUT2D eigenvalue weighted by Crippen LogP contribution is -2.42. The molecule has 1 aromatic heterocycles. The van der Waals surface area contributed by atoms with Crippen molar-refractivity contribution in [1.82, 2.24) is 9.88 Å². The molecule has 104 valence electrons. The molecule has 1 unspecified atom stereocenters. The summed E-state index contributed by atoms with van der Waals surface area (Å²) in [5.74, 6) is 0.206. The number of carbonyl (C=O) groups is 1. The van der Waals surface area contributed by atoms with Crippen molar-refractivity contribution >= 4 is 5.91 Å². The fourth-order valence-electron chi connectivity index (χ4n) is 2.47. The maximum atomic E-state index is 12.1. The molecule has 1 fully saturated rings. The van der Waals surface area contributed by atoms with Gasteiger partial charge in [0.2, 0.25) is 5.91 Å². The van der Waals surface area contributed by atoms with Crippen molar-refractivity contribution in [3.05, 3.63) is 30.1 Å². The van der Waals surface area contributed by atoms with Crippen LogP contribution in [0.1, 0.15) is 18.4 Å². The molecule has 5 heteroatoms. The molecule has 2 N–H and O–H groups in total. The molecule has 0 bridgehead atoms. The Kier molecular flexibility index (Phi) is 4.87. The van der Waals surface area contributed by atoms with Crippen molar-refractivity contribution in [2.24, 2.45) is 5.92 Å². The summed E-state index contributed by atoms with van der Waals surface area (Å²) in [6.45, 7) is 1.11. The second kappa shape index (κ2) is 6.63. The highest BCUT2D eigenvalue weighted by atomic mass is 16.3. The summed E-state index contributed by atoms with van der Waals surface area (Å²) in [7, 11) is 0. The van der Waals surface area contributed by atoms with Crippen LogP contribution in [0.4, 0.5) is 0 Å². The van der Waals surface area contributed by atoms with E-state index in [1.165, 1.54) is 0 Å². The van der Waals surface area contributed by atoms with Gasteiger partial charge in [-0.3, -0.25) is 9.78 Å². The summed E-state index contributed by atoms with van der Waals surface area (Å²) in [6.07, 6.45) is 4.62. The first-order valence-corrected chi connectivity index (χ1v) is 6.66. The minimum absolute atomic E-state index is 0.102. The smallest absolute Gasteiger partial charge is 0.227 e. The average Bonchev–Trinajstić information content (AvgIpc) is 2.47. The Bertz CT molecular complexity index is 402. The highest BCUT2D eigenvalue weighted by Crippen LogP contribution is 2.21. The molecule has 1 aromatic rings. The molecule has 0 aliphatic carbocycles. The molecule has 2 heterocycles. The third-order valence-electron chi connectivity index (χ3n) is 3.70. The van der Waals surface area contributed by atoms with Gasteiger partial charge in [0.05, 0.1) is 19.1 Å². The molecular formula is C14H20N2O3. The third kappa shape index (κ3) is 3.75. The van der Waals surface area contributed by atoms with Crippen LogP contribution in [-0.4, -0.2) is 51.8 Å². The Hall–Kier alpha value is -1.46. The Morgan fingerprint density at radius 1 is 1.47 bits per heavy atom. The lowest BCUT2D eigenvalue weighted by molar-refractivity contribution is -0.132. The Morgan fingerprint density at radius 2 is 2.21 bits per heavy atom. The van der Waals surface area contributed by atoms with Gasteiger partial charge in [0.1, 0.15) is 0 Å². The Labute approximate surface area is 112 Å². The number of likely N-dealkylation sites (tertiary alicyclic amines) is 1. The van der Waals surface area contributed by atoms with Crippen LogP contribution >= 0.6 is 0 Å². The number of carbonyl (C=O) groups excluding carboxylic acids is 1. The van der Waals surface area contributed by atoms with Crippen molar-refractivity contribution in [3.8, 4) is 0 Å². The van der Waals surface area contributed by atoms with Crippen LogP contribution in [0.2, 0.25) is 0 Å². The molecule has 2 rings (SSSR count). The van der Waals surface area contributed by atoms with Gasteiger partial charge in [0.25, 0.3) is 0 Å². The first-order chi connectivity index (χ1) is 9.20. The number of piperidine rings is 1. The molecule has 0 saturated carbocycles. The predicted molar refractivity (Wildman–Crippen MR) is 70.3 cm³/mol. The van der Waals surface area contributed by atoms with Gasteiger partial charge in [0.15, 0.2) is 0 Å². The topological polar surface area (TPSA) is 73.7 Å². The number of amides is 1. The molecule has 0 aromatic carbocycles. The normalized spacial score (nSPS) is 18.3. The molecule has 1 aliphatic heterocycles. The second-order valence-electron chi connectivity index (χ2n) is 5.01. The van der Waals surface area contributed by atoms with E-state index in [4.69, 9.17) is 5.11 Å². The average molecular weight is 264 g/mol. The molecule has 1 amide bonds. The van der Waals surface area contributed by atoms with Crippen molar-refractivity contribution in [3.63, 3.8) is 0 Å². The number of aliphatic hydroxyl groups excluding tert-OH is 2. The van der Waals surface area contributed by atoms with Gasteiger partial charge in [0, 0.05) is 25.5 Å². The summed E-state index contributed by atoms with van der Waals surface area (Å²) >= 11 is 0. The first-order valence-electron chi connectivity index (χ1n) is 6.66. The van der Waals surface area contributed by atoms with Gasteiger partial charge in [-0.1, -0.05) is 6.07 Å². The largest absolute Gasteiger partial charge is 0.394 e.